The predicted octanol–water partition coefficient (Wildman–Crippen LogP) is 8.11. The van der Waals surface area contributed by atoms with E-state index >= 15 is 0 Å². The summed E-state index contributed by atoms with van der Waals surface area (Å²) >= 11 is 6.45. The van der Waals surface area contributed by atoms with Gasteiger partial charge in [0.1, 0.15) is 11.3 Å². The van der Waals surface area contributed by atoms with E-state index in [0.717, 1.165) is 17.5 Å². The highest BCUT2D eigenvalue weighted by Crippen LogP contribution is 2.34. The molecule has 1 aromatic heterocycles. The standard InChI is InChI=1S/C17H10BrF3O2.C8H7BrO2/c1-9-12-6-3-7-13(18)16(12)23-15(9)14(22)10-4-2-5-11(8-10)17(19,20)21;1-5(10)6-3-2-4-7(9)8(6)11/h2-8H,1H3;2-4,11H,1H3. The van der Waals surface area contributed by atoms with Crippen LogP contribution >= 0.6 is 31.9 Å². The van der Waals surface area contributed by atoms with Crippen LogP contribution in [0.25, 0.3) is 11.0 Å². The van der Waals surface area contributed by atoms with Gasteiger partial charge in [-0.2, -0.15) is 13.2 Å². The summed E-state index contributed by atoms with van der Waals surface area (Å²) in [4.78, 5) is 23.4. The number of benzene rings is 3. The number of Topliss-reactive ketones (excluding diaryl/α,β-unsaturated/α-hetero) is 1. The van der Waals surface area contributed by atoms with E-state index in [-0.39, 0.29) is 22.9 Å². The van der Waals surface area contributed by atoms with Crippen molar-refractivity contribution >= 4 is 54.4 Å². The second kappa shape index (κ2) is 10.1. The average molecular weight is 598 g/mol. The van der Waals surface area contributed by atoms with Crippen LogP contribution in [0, 0.1) is 6.92 Å². The molecule has 176 valence electrons. The molecule has 0 aliphatic rings. The summed E-state index contributed by atoms with van der Waals surface area (Å²) in [7, 11) is 0. The Kier molecular flexibility index (Phi) is 7.67. The van der Waals surface area contributed by atoms with Gasteiger partial charge in [0.2, 0.25) is 5.78 Å². The fraction of sp³-hybridized carbons (Fsp3) is 0.120. The van der Waals surface area contributed by atoms with Crippen molar-refractivity contribution in [1.29, 1.82) is 0 Å². The van der Waals surface area contributed by atoms with Gasteiger partial charge in [0, 0.05) is 16.5 Å². The van der Waals surface area contributed by atoms with Gasteiger partial charge in [-0.15, -0.1) is 0 Å². The van der Waals surface area contributed by atoms with Gasteiger partial charge in [0.15, 0.2) is 11.5 Å². The maximum absolute atomic E-state index is 12.8. The molecule has 34 heavy (non-hydrogen) atoms. The minimum atomic E-state index is -4.50. The molecule has 0 atom stereocenters. The van der Waals surface area contributed by atoms with Gasteiger partial charge in [-0.05, 0) is 76.0 Å². The normalized spacial score (nSPS) is 11.1. The quantitative estimate of drug-likeness (QED) is 0.242. The van der Waals surface area contributed by atoms with Crippen molar-refractivity contribution in [3.8, 4) is 5.75 Å². The second-order valence-electron chi connectivity index (χ2n) is 7.27. The van der Waals surface area contributed by atoms with Crippen molar-refractivity contribution in [1.82, 2.24) is 0 Å². The topological polar surface area (TPSA) is 67.5 Å². The third-order valence-corrected chi connectivity index (χ3v) is 6.20. The number of carbonyl (C=O) groups excluding carboxylic acids is 2. The lowest BCUT2D eigenvalue weighted by Crippen LogP contribution is -2.08. The first-order valence-corrected chi connectivity index (χ1v) is 11.4. The Balaban J connectivity index is 0.000000248. The van der Waals surface area contributed by atoms with Crippen LogP contribution in [0.4, 0.5) is 13.2 Å². The van der Waals surface area contributed by atoms with E-state index in [1.165, 1.54) is 19.1 Å². The maximum atomic E-state index is 12.8. The first-order chi connectivity index (χ1) is 15.9. The predicted molar refractivity (Wildman–Crippen MR) is 129 cm³/mol. The van der Waals surface area contributed by atoms with Gasteiger partial charge in [-0.1, -0.05) is 30.3 Å². The monoisotopic (exact) mass is 596 g/mol. The number of carbonyl (C=O) groups is 2. The number of hydrogen-bond acceptors (Lipinski definition) is 4. The van der Waals surface area contributed by atoms with Gasteiger partial charge in [0.05, 0.1) is 20.1 Å². The molecule has 3 aromatic carbocycles. The number of furan rings is 1. The average Bonchev–Trinajstić information content (AvgIpc) is 3.13. The first-order valence-electron chi connectivity index (χ1n) is 9.79. The fourth-order valence-electron chi connectivity index (χ4n) is 3.19. The third kappa shape index (κ3) is 5.42. The number of alkyl halides is 3. The fourth-order valence-corrected chi connectivity index (χ4v) is 4.01. The van der Waals surface area contributed by atoms with Crippen molar-refractivity contribution in [2.24, 2.45) is 0 Å². The molecule has 4 rings (SSSR count). The summed E-state index contributed by atoms with van der Waals surface area (Å²) in [6.45, 7) is 3.13. The van der Waals surface area contributed by atoms with Crippen LogP contribution in [0.1, 0.15) is 44.5 Å². The molecule has 0 saturated heterocycles. The Hall–Kier alpha value is -2.91. The smallest absolute Gasteiger partial charge is 0.416 e. The van der Waals surface area contributed by atoms with Gasteiger partial charge < -0.3 is 9.52 Å². The van der Waals surface area contributed by atoms with Crippen LogP contribution in [-0.4, -0.2) is 16.7 Å². The minimum absolute atomic E-state index is 0.0139. The number of aromatic hydroxyl groups is 1. The molecule has 0 radical (unpaired) electrons. The van der Waals surface area contributed by atoms with E-state index in [1.54, 1.807) is 43.3 Å². The van der Waals surface area contributed by atoms with Crippen LogP contribution in [0.5, 0.6) is 5.75 Å². The zero-order valence-electron chi connectivity index (χ0n) is 17.8. The summed E-state index contributed by atoms with van der Waals surface area (Å²) in [5.41, 5.74) is 0.528. The van der Waals surface area contributed by atoms with Gasteiger partial charge in [-0.25, -0.2) is 0 Å². The Morgan fingerprint density at radius 2 is 1.56 bits per heavy atom. The molecule has 9 heteroatoms. The number of phenols is 1. The van der Waals surface area contributed by atoms with E-state index < -0.39 is 17.5 Å². The van der Waals surface area contributed by atoms with E-state index in [1.807, 2.05) is 0 Å². The van der Waals surface area contributed by atoms with Crippen molar-refractivity contribution in [3.63, 3.8) is 0 Å². The molecule has 0 bridgehead atoms. The van der Waals surface area contributed by atoms with Crippen LogP contribution < -0.4 is 0 Å². The number of phenolic OH excluding ortho intramolecular Hbond substituents is 1. The Morgan fingerprint density at radius 1 is 0.941 bits per heavy atom. The molecular weight excluding hydrogens is 581 g/mol. The number of fused-ring (bicyclic) bond motifs is 1. The molecule has 1 N–H and O–H groups in total. The maximum Gasteiger partial charge on any atom is 0.416 e. The number of ketones is 2. The zero-order chi connectivity index (χ0) is 25.2. The SMILES string of the molecule is CC(=O)c1cccc(Br)c1O.Cc1c(C(=O)c2cccc(C(F)(F)F)c2)oc2c(Br)cccc12. The summed E-state index contributed by atoms with van der Waals surface area (Å²) < 4.78 is 45.2. The van der Waals surface area contributed by atoms with E-state index in [9.17, 15) is 27.9 Å². The molecular formula is C25H17Br2F3O4. The Labute approximate surface area is 209 Å². The van der Waals surface area contributed by atoms with Gasteiger partial charge >= 0.3 is 6.18 Å². The number of aryl methyl sites for hydroxylation is 1. The lowest BCUT2D eigenvalue weighted by Gasteiger charge is -2.07. The summed E-state index contributed by atoms with van der Waals surface area (Å²) in [5, 5.41) is 10.0. The Morgan fingerprint density at radius 3 is 2.15 bits per heavy atom. The first kappa shape index (κ1) is 25.7. The minimum Gasteiger partial charge on any atom is -0.506 e. The third-order valence-electron chi connectivity index (χ3n) is 4.94. The highest BCUT2D eigenvalue weighted by Gasteiger charge is 2.31. The zero-order valence-corrected chi connectivity index (χ0v) is 21.0. The molecule has 0 aliphatic carbocycles. The summed E-state index contributed by atoms with van der Waals surface area (Å²) in [6, 6.07) is 14.7. The lowest BCUT2D eigenvalue weighted by molar-refractivity contribution is -0.137. The molecule has 0 aliphatic heterocycles. The highest BCUT2D eigenvalue weighted by atomic mass is 79.9. The largest absolute Gasteiger partial charge is 0.506 e. The number of hydrogen-bond donors (Lipinski definition) is 1. The molecule has 4 nitrogen and oxygen atoms in total. The van der Waals surface area contributed by atoms with Crippen molar-refractivity contribution in [2.75, 3.05) is 0 Å². The number of rotatable bonds is 3. The van der Waals surface area contributed by atoms with E-state index in [0.29, 0.717) is 25.7 Å². The van der Waals surface area contributed by atoms with Crippen molar-refractivity contribution < 1.29 is 32.3 Å². The van der Waals surface area contributed by atoms with Crippen LogP contribution in [0.15, 0.2) is 74.0 Å². The molecule has 0 amide bonds. The van der Waals surface area contributed by atoms with E-state index in [4.69, 9.17) is 4.42 Å². The van der Waals surface area contributed by atoms with Crippen molar-refractivity contribution in [3.05, 3.63) is 97.6 Å². The molecule has 0 saturated carbocycles. The van der Waals surface area contributed by atoms with Crippen LogP contribution in [0.3, 0.4) is 0 Å². The van der Waals surface area contributed by atoms with E-state index in [2.05, 4.69) is 31.9 Å². The summed E-state index contributed by atoms with van der Waals surface area (Å²) in [6.07, 6.45) is -4.50. The highest BCUT2D eigenvalue weighted by molar-refractivity contribution is 9.11. The molecule has 0 fully saturated rings. The van der Waals surface area contributed by atoms with Gasteiger partial charge in [-0.3, -0.25) is 9.59 Å². The number of para-hydroxylation sites is 2. The molecule has 1 heterocycles. The summed E-state index contributed by atoms with van der Waals surface area (Å²) in [5.74, 6) is -0.647. The van der Waals surface area contributed by atoms with Crippen LogP contribution in [-0.2, 0) is 6.18 Å². The Bertz CT molecular complexity index is 1390. The van der Waals surface area contributed by atoms with Crippen LogP contribution in [0.2, 0.25) is 0 Å². The number of halogens is 5. The molecule has 4 aromatic rings. The lowest BCUT2D eigenvalue weighted by atomic mass is 10.0. The second-order valence-corrected chi connectivity index (χ2v) is 8.98. The molecule has 0 spiro atoms. The van der Waals surface area contributed by atoms with Gasteiger partial charge in [0.25, 0.3) is 0 Å². The molecule has 0 unspecified atom stereocenters. The van der Waals surface area contributed by atoms with Crippen molar-refractivity contribution in [2.45, 2.75) is 20.0 Å².